The molecule has 0 unspecified atom stereocenters. The van der Waals surface area contributed by atoms with Crippen molar-refractivity contribution in [2.24, 2.45) is 5.41 Å². The summed E-state index contributed by atoms with van der Waals surface area (Å²) in [6, 6.07) is 22.9. The van der Waals surface area contributed by atoms with Gasteiger partial charge in [0, 0.05) is 28.1 Å². The lowest BCUT2D eigenvalue weighted by Gasteiger charge is -2.34. The molecule has 5 rings (SSSR count). The number of rotatable bonds is 4. The van der Waals surface area contributed by atoms with E-state index in [1.165, 1.54) is 0 Å². The highest BCUT2D eigenvalue weighted by atomic mass is 35.5. The number of hydrogen-bond acceptors (Lipinski definition) is 2. The maximum Gasteiger partial charge on any atom is 0.139 e. The average Bonchev–Trinajstić information content (AvgIpc) is 3.10. The van der Waals surface area contributed by atoms with E-state index >= 15 is 0 Å². The Hall–Kier alpha value is -3.04. The molecule has 0 saturated heterocycles. The van der Waals surface area contributed by atoms with Crippen LogP contribution < -0.4 is 5.32 Å². The largest absolute Gasteiger partial charge is 0.364 e. The summed E-state index contributed by atoms with van der Waals surface area (Å²) in [7, 11) is 0. The van der Waals surface area contributed by atoms with Crippen LogP contribution in [-0.2, 0) is 0 Å². The van der Waals surface area contributed by atoms with Crippen LogP contribution in [0.25, 0.3) is 38.4 Å². The van der Waals surface area contributed by atoms with Gasteiger partial charge in [0.05, 0.1) is 5.02 Å². The minimum Gasteiger partial charge on any atom is -0.364 e. The molecule has 0 aliphatic rings. The number of benzene rings is 3. The van der Waals surface area contributed by atoms with Crippen LogP contribution in [-0.4, -0.2) is 14.9 Å². The number of pyridine rings is 1. The lowest BCUT2D eigenvalue weighted by molar-refractivity contribution is 0.302. The predicted octanol–water partition coefficient (Wildman–Crippen LogP) is 8.59. The summed E-state index contributed by atoms with van der Waals surface area (Å²) in [5.74, 6) is 1.01. The van der Waals surface area contributed by atoms with Gasteiger partial charge in [-0.2, -0.15) is 0 Å². The summed E-state index contributed by atoms with van der Waals surface area (Å²) in [5, 5.41) is 8.98. The zero-order chi connectivity index (χ0) is 23.4. The molecule has 0 spiro atoms. The van der Waals surface area contributed by atoms with Crippen molar-refractivity contribution in [2.45, 2.75) is 46.6 Å². The summed E-state index contributed by atoms with van der Waals surface area (Å²) >= 11 is 6.89. The summed E-state index contributed by atoms with van der Waals surface area (Å²) in [4.78, 5) is 5.15. The Labute approximate surface area is 200 Å². The molecule has 0 radical (unpaired) electrons. The van der Waals surface area contributed by atoms with Crippen molar-refractivity contribution >= 4 is 44.6 Å². The Morgan fingerprint density at radius 2 is 1.33 bits per heavy atom. The minimum atomic E-state index is -0.128. The molecule has 1 N–H and O–H groups in total. The quantitative estimate of drug-likeness (QED) is 0.275. The molecule has 3 nitrogen and oxygen atoms in total. The third kappa shape index (κ3) is 3.95. The van der Waals surface area contributed by atoms with Gasteiger partial charge in [0.1, 0.15) is 17.2 Å². The topological polar surface area (TPSA) is 29.3 Å². The molecule has 3 aromatic carbocycles. The van der Waals surface area contributed by atoms with Gasteiger partial charge in [-0.1, -0.05) is 87.0 Å². The van der Waals surface area contributed by atoms with Gasteiger partial charge < -0.3 is 5.32 Å². The van der Waals surface area contributed by atoms with Gasteiger partial charge in [0.2, 0.25) is 0 Å². The Bertz CT molecular complexity index is 1430. The van der Waals surface area contributed by atoms with Crippen molar-refractivity contribution in [3.63, 3.8) is 0 Å². The van der Waals surface area contributed by atoms with Gasteiger partial charge in [0.15, 0.2) is 0 Å². The van der Waals surface area contributed by atoms with Crippen LogP contribution >= 0.6 is 11.6 Å². The molecule has 5 aromatic rings. The van der Waals surface area contributed by atoms with Crippen molar-refractivity contribution in [2.75, 3.05) is 5.32 Å². The summed E-state index contributed by atoms with van der Waals surface area (Å²) in [6.07, 6.45) is 3.10. The molecule has 0 aliphatic heterocycles. The van der Waals surface area contributed by atoms with Gasteiger partial charge in [-0.3, -0.25) is 4.40 Å². The minimum absolute atomic E-state index is 0.128. The second kappa shape index (κ2) is 7.78. The van der Waals surface area contributed by atoms with Crippen LogP contribution in [0, 0.1) is 5.41 Å². The number of imidazole rings is 1. The standard InChI is InChI=1S/C29H30ClN3/c1-28(2,3)18-29(4,5)32-27-26(31-23-16-10-11-17-33(23)27)24-19-12-6-8-14-21(19)25(30)22-15-9-7-13-20(22)24/h6-17,32H,18H2,1-5H3. The fourth-order valence-corrected chi connectivity index (χ4v) is 5.64. The highest BCUT2D eigenvalue weighted by molar-refractivity contribution is 6.42. The molecule has 4 heteroatoms. The second-order valence-corrected chi connectivity index (χ2v) is 11.1. The first-order valence-electron chi connectivity index (χ1n) is 11.5. The van der Waals surface area contributed by atoms with E-state index in [1.807, 2.05) is 18.2 Å². The first-order valence-corrected chi connectivity index (χ1v) is 11.9. The molecule has 168 valence electrons. The maximum absolute atomic E-state index is 6.89. The van der Waals surface area contributed by atoms with Gasteiger partial charge in [-0.15, -0.1) is 0 Å². The third-order valence-corrected chi connectivity index (χ3v) is 6.47. The lowest BCUT2D eigenvalue weighted by Crippen LogP contribution is -2.36. The smallest absolute Gasteiger partial charge is 0.139 e. The highest BCUT2D eigenvalue weighted by Gasteiger charge is 2.29. The van der Waals surface area contributed by atoms with E-state index < -0.39 is 0 Å². The van der Waals surface area contributed by atoms with Crippen molar-refractivity contribution in [3.05, 3.63) is 77.9 Å². The Morgan fingerprint density at radius 1 is 0.788 bits per heavy atom. The van der Waals surface area contributed by atoms with Gasteiger partial charge in [-0.25, -0.2) is 4.98 Å². The molecule has 0 saturated carbocycles. The number of fused-ring (bicyclic) bond motifs is 3. The Kier molecular flexibility index (Phi) is 5.13. The van der Waals surface area contributed by atoms with Crippen LogP contribution in [0.15, 0.2) is 72.9 Å². The van der Waals surface area contributed by atoms with E-state index in [0.29, 0.717) is 0 Å². The van der Waals surface area contributed by atoms with Crippen LogP contribution in [0.2, 0.25) is 5.02 Å². The zero-order valence-electron chi connectivity index (χ0n) is 19.9. The van der Waals surface area contributed by atoms with Crippen molar-refractivity contribution < 1.29 is 0 Å². The van der Waals surface area contributed by atoms with Crippen molar-refractivity contribution in [3.8, 4) is 11.3 Å². The molecule has 0 atom stereocenters. The molecular formula is C29H30ClN3. The molecule has 0 aliphatic carbocycles. The molecule has 2 heterocycles. The molecular weight excluding hydrogens is 426 g/mol. The molecule has 0 fully saturated rings. The number of halogens is 1. The monoisotopic (exact) mass is 455 g/mol. The van der Waals surface area contributed by atoms with E-state index in [1.54, 1.807) is 0 Å². The van der Waals surface area contributed by atoms with E-state index in [9.17, 15) is 0 Å². The zero-order valence-corrected chi connectivity index (χ0v) is 20.7. The first-order chi connectivity index (χ1) is 15.6. The number of aromatic nitrogens is 2. The van der Waals surface area contributed by atoms with Crippen molar-refractivity contribution in [1.29, 1.82) is 0 Å². The van der Waals surface area contributed by atoms with Crippen LogP contribution in [0.3, 0.4) is 0 Å². The fraction of sp³-hybridized carbons (Fsp3) is 0.276. The number of hydrogen-bond donors (Lipinski definition) is 1. The summed E-state index contributed by atoms with van der Waals surface area (Å²) in [6.45, 7) is 11.4. The van der Waals surface area contributed by atoms with Crippen LogP contribution in [0.5, 0.6) is 0 Å². The van der Waals surface area contributed by atoms with E-state index in [4.69, 9.17) is 16.6 Å². The fourth-order valence-electron chi connectivity index (χ4n) is 5.31. The molecule has 33 heavy (non-hydrogen) atoms. The average molecular weight is 456 g/mol. The highest BCUT2D eigenvalue weighted by Crippen LogP contribution is 2.44. The normalized spacial score (nSPS) is 12.7. The molecule has 0 bridgehead atoms. The summed E-state index contributed by atoms with van der Waals surface area (Å²) in [5.41, 5.74) is 3.05. The SMILES string of the molecule is CC(C)(C)CC(C)(C)Nc1c(-c2c3ccccc3c(Cl)c3ccccc23)nc2ccccn12. The van der Waals surface area contributed by atoms with Crippen molar-refractivity contribution in [1.82, 2.24) is 9.38 Å². The van der Waals surface area contributed by atoms with E-state index in [2.05, 4.69) is 99.1 Å². The maximum atomic E-state index is 6.89. The predicted molar refractivity (Wildman–Crippen MR) is 142 cm³/mol. The lowest BCUT2D eigenvalue weighted by atomic mass is 9.81. The van der Waals surface area contributed by atoms with Gasteiger partial charge in [0.25, 0.3) is 0 Å². The van der Waals surface area contributed by atoms with Gasteiger partial charge >= 0.3 is 0 Å². The molecule has 2 aromatic heterocycles. The third-order valence-electron chi connectivity index (χ3n) is 6.06. The Balaban J connectivity index is 1.85. The number of nitrogens with one attached hydrogen (secondary N) is 1. The summed E-state index contributed by atoms with van der Waals surface area (Å²) < 4.78 is 2.16. The first kappa shape index (κ1) is 21.8. The second-order valence-electron chi connectivity index (χ2n) is 10.8. The number of anilines is 1. The van der Waals surface area contributed by atoms with Crippen LogP contribution in [0.4, 0.5) is 5.82 Å². The van der Waals surface area contributed by atoms with Gasteiger partial charge in [-0.05, 0) is 48.6 Å². The van der Waals surface area contributed by atoms with E-state index in [0.717, 1.165) is 55.7 Å². The van der Waals surface area contributed by atoms with E-state index in [-0.39, 0.29) is 11.0 Å². The molecule has 0 amide bonds. The number of nitrogens with zero attached hydrogens (tertiary/aromatic N) is 2. The Morgan fingerprint density at radius 3 is 1.91 bits per heavy atom. The van der Waals surface area contributed by atoms with Crippen LogP contribution in [0.1, 0.15) is 41.0 Å².